The maximum absolute atomic E-state index is 13.0. The summed E-state index contributed by atoms with van der Waals surface area (Å²) in [4.78, 5) is 20.7. The van der Waals surface area contributed by atoms with Gasteiger partial charge in [0.25, 0.3) is 11.8 Å². The van der Waals surface area contributed by atoms with Gasteiger partial charge in [0, 0.05) is 37.1 Å². The summed E-state index contributed by atoms with van der Waals surface area (Å²) in [5.41, 5.74) is 2.25. The Morgan fingerprint density at radius 2 is 2.17 bits per heavy atom. The van der Waals surface area contributed by atoms with E-state index in [2.05, 4.69) is 20.4 Å². The molecule has 10 heteroatoms. The Kier molecular flexibility index (Phi) is 6.25. The highest BCUT2D eigenvalue weighted by Gasteiger charge is 2.23. The largest absolute Gasteiger partial charge is 0.471 e. The van der Waals surface area contributed by atoms with Gasteiger partial charge in [-0.3, -0.25) is 14.5 Å². The van der Waals surface area contributed by atoms with Gasteiger partial charge in [-0.1, -0.05) is 0 Å². The lowest BCUT2D eigenvalue weighted by molar-refractivity contribution is -0.0244. The van der Waals surface area contributed by atoms with Crippen molar-refractivity contribution in [2.45, 2.75) is 39.3 Å². The Labute approximate surface area is 171 Å². The smallest absolute Gasteiger partial charge is 0.278 e. The van der Waals surface area contributed by atoms with Crippen molar-refractivity contribution in [3.05, 3.63) is 47.5 Å². The molecule has 3 aromatic rings. The molecule has 8 nitrogen and oxygen atoms in total. The molecule has 30 heavy (non-hydrogen) atoms. The summed E-state index contributed by atoms with van der Waals surface area (Å²) in [6.45, 7) is 3.65. The molecule has 0 fully saturated rings. The summed E-state index contributed by atoms with van der Waals surface area (Å²) in [5, 5.41) is 16.8. The van der Waals surface area contributed by atoms with Crippen molar-refractivity contribution in [3.8, 4) is 5.88 Å². The Morgan fingerprint density at radius 1 is 1.40 bits per heavy atom. The first-order valence-electron chi connectivity index (χ1n) is 9.36. The van der Waals surface area contributed by atoms with Crippen LogP contribution in [0.15, 0.2) is 30.7 Å². The van der Waals surface area contributed by atoms with E-state index in [0.717, 1.165) is 12.5 Å². The molecule has 2 N–H and O–H groups in total. The van der Waals surface area contributed by atoms with E-state index >= 15 is 0 Å². The second kappa shape index (κ2) is 8.70. The minimum absolute atomic E-state index is 0.159. The molecule has 0 unspecified atom stereocenters. The van der Waals surface area contributed by atoms with Gasteiger partial charge in [-0.15, -0.1) is 0 Å². The maximum atomic E-state index is 13.0. The fraction of sp³-hybridized carbons (Fsp3) is 0.400. The molecule has 3 rings (SSSR count). The molecule has 0 spiro atoms. The third-order valence-electron chi connectivity index (χ3n) is 4.24. The summed E-state index contributed by atoms with van der Waals surface area (Å²) in [5.74, 6) is -3.17. The van der Waals surface area contributed by atoms with Crippen molar-refractivity contribution in [1.29, 1.82) is 0 Å². The van der Waals surface area contributed by atoms with E-state index in [4.69, 9.17) is 9.84 Å². The molecule has 3 aromatic heterocycles. The van der Waals surface area contributed by atoms with Crippen molar-refractivity contribution in [2.75, 3.05) is 13.2 Å². The van der Waals surface area contributed by atoms with Gasteiger partial charge in [0.05, 0.1) is 24.1 Å². The topological polar surface area (TPSA) is 102 Å². The zero-order valence-corrected chi connectivity index (χ0v) is 16.9. The van der Waals surface area contributed by atoms with Crippen LogP contribution in [0.4, 0.5) is 8.78 Å². The minimum Gasteiger partial charge on any atom is -0.471 e. The van der Waals surface area contributed by atoms with Gasteiger partial charge in [0.15, 0.2) is 6.61 Å². The van der Waals surface area contributed by atoms with Crippen LogP contribution in [0.25, 0.3) is 10.9 Å². The number of aliphatic hydroxyl groups excluding tert-OH is 1. The molecule has 0 aliphatic heterocycles. The first kappa shape index (κ1) is 21.6. The molecule has 1 atom stereocenters. The molecule has 0 aliphatic rings. The van der Waals surface area contributed by atoms with E-state index in [0.29, 0.717) is 23.0 Å². The Hall–Kier alpha value is -3.14. The van der Waals surface area contributed by atoms with Gasteiger partial charge < -0.3 is 15.2 Å². The fourth-order valence-electron chi connectivity index (χ4n) is 2.83. The average Bonchev–Trinajstić information content (AvgIpc) is 3.08. The van der Waals surface area contributed by atoms with E-state index in [1.807, 2.05) is 0 Å². The quantitative estimate of drug-likeness (QED) is 0.581. The van der Waals surface area contributed by atoms with Crippen LogP contribution in [-0.2, 0) is 6.54 Å². The number of rotatable bonds is 8. The molecule has 3 heterocycles. The highest BCUT2D eigenvalue weighted by Crippen LogP contribution is 2.21. The van der Waals surface area contributed by atoms with Gasteiger partial charge >= 0.3 is 0 Å². The van der Waals surface area contributed by atoms with E-state index < -0.39 is 24.5 Å². The number of pyridine rings is 2. The van der Waals surface area contributed by atoms with E-state index in [-0.39, 0.29) is 18.2 Å². The summed E-state index contributed by atoms with van der Waals surface area (Å²) in [6, 6.07) is 3.09. The fourth-order valence-corrected chi connectivity index (χ4v) is 2.83. The Balaban J connectivity index is 1.79. The number of nitrogens with one attached hydrogen (secondary N) is 1. The number of halogens is 2. The third-order valence-corrected chi connectivity index (χ3v) is 4.24. The normalized spacial score (nSPS) is 12.7. The SMILES string of the molecule is Cc1cc(Cn2cc3c(C(=O)N[C@@H](C)CO)nccc3n2)cnc1OCC(C)(F)F. The lowest BCUT2D eigenvalue weighted by atomic mass is 10.2. The number of aromatic nitrogens is 4. The van der Waals surface area contributed by atoms with Crippen LogP contribution < -0.4 is 10.1 Å². The number of aryl methyl sites for hydroxylation is 1. The van der Waals surface area contributed by atoms with Crippen LogP contribution >= 0.6 is 0 Å². The first-order chi connectivity index (χ1) is 14.2. The Bertz CT molecular complexity index is 1050. The zero-order valence-electron chi connectivity index (χ0n) is 16.9. The van der Waals surface area contributed by atoms with Crippen LogP contribution in [0.2, 0.25) is 0 Å². The van der Waals surface area contributed by atoms with Gasteiger partial charge in [-0.25, -0.2) is 13.8 Å². The maximum Gasteiger partial charge on any atom is 0.278 e. The highest BCUT2D eigenvalue weighted by atomic mass is 19.3. The second-order valence-corrected chi connectivity index (χ2v) is 7.30. The molecular weight excluding hydrogens is 396 g/mol. The predicted octanol–water partition coefficient (Wildman–Crippen LogP) is 2.33. The van der Waals surface area contributed by atoms with Gasteiger partial charge in [0.1, 0.15) is 5.69 Å². The van der Waals surface area contributed by atoms with E-state index in [9.17, 15) is 13.6 Å². The molecule has 0 radical (unpaired) electrons. The van der Waals surface area contributed by atoms with Crippen molar-refractivity contribution >= 4 is 16.8 Å². The van der Waals surface area contributed by atoms with Gasteiger partial charge in [-0.2, -0.15) is 5.10 Å². The number of ether oxygens (including phenoxy) is 1. The molecule has 0 bridgehead atoms. The number of hydrogen-bond acceptors (Lipinski definition) is 6. The summed E-state index contributed by atoms with van der Waals surface area (Å²) in [6.07, 6.45) is 4.75. The minimum atomic E-state index is -2.94. The third kappa shape index (κ3) is 5.26. The van der Waals surface area contributed by atoms with Crippen LogP contribution in [0, 0.1) is 6.92 Å². The average molecular weight is 419 g/mol. The number of carbonyl (C=O) groups excluding carboxylic acids is 1. The number of fused-ring (bicyclic) bond motifs is 1. The highest BCUT2D eigenvalue weighted by molar-refractivity contribution is 6.04. The van der Waals surface area contributed by atoms with Crippen LogP contribution in [0.3, 0.4) is 0 Å². The molecule has 1 amide bonds. The molecular formula is C20H23F2N5O3. The first-order valence-corrected chi connectivity index (χ1v) is 9.36. The van der Waals surface area contributed by atoms with Gasteiger partial charge in [0.2, 0.25) is 5.88 Å². The van der Waals surface area contributed by atoms with Crippen LogP contribution in [0.5, 0.6) is 5.88 Å². The number of nitrogens with zero attached hydrogens (tertiary/aromatic N) is 4. The molecule has 0 saturated heterocycles. The lowest BCUT2D eigenvalue weighted by Gasteiger charge is -2.13. The molecule has 0 aliphatic carbocycles. The zero-order chi connectivity index (χ0) is 21.9. The molecule has 0 aromatic carbocycles. The lowest BCUT2D eigenvalue weighted by Crippen LogP contribution is -2.35. The molecule has 0 saturated carbocycles. The number of alkyl halides is 2. The van der Waals surface area contributed by atoms with Crippen LogP contribution in [-0.4, -0.2) is 55.9 Å². The summed E-state index contributed by atoms with van der Waals surface area (Å²) in [7, 11) is 0. The summed E-state index contributed by atoms with van der Waals surface area (Å²) < 4.78 is 32.7. The van der Waals surface area contributed by atoms with E-state index in [1.54, 1.807) is 36.9 Å². The number of aliphatic hydroxyl groups is 1. The standard InChI is InChI=1S/C20H23F2N5O3/c1-12-6-14(7-24-19(12)30-11-20(3,21)22)8-27-9-15-16(26-27)4-5-23-17(15)18(29)25-13(2)10-28/h4-7,9,13,28H,8,10-11H2,1-3H3,(H,25,29)/t13-/m0/s1. The second-order valence-electron chi connectivity index (χ2n) is 7.30. The van der Waals surface area contributed by atoms with E-state index in [1.165, 1.54) is 12.4 Å². The number of amides is 1. The number of carbonyl (C=O) groups is 1. The predicted molar refractivity (Wildman–Crippen MR) is 106 cm³/mol. The Morgan fingerprint density at radius 3 is 2.83 bits per heavy atom. The van der Waals surface area contributed by atoms with Crippen molar-refractivity contribution in [1.82, 2.24) is 25.1 Å². The monoisotopic (exact) mass is 419 g/mol. The summed E-state index contributed by atoms with van der Waals surface area (Å²) >= 11 is 0. The number of hydrogen-bond donors (Lipinski definition) is 2. The van der Waals surface area contributed by atoms with Crippen molar-refractivity contribution in [3.63, 3.8) is 0 Å². The van der Waals surface area contributed by atoms with Crippen LogP contribution in [0.1, 0.15) is 35.5 Å². The van der Waals surface area contributed by atoms with Crippen molar-refractivity contribution in [2.24, 2.45) is 0 Å². The van der Waals surface area contributed by atoms with Gasteiger partial charge in [-0.05, 0) is 31.5 Å². The molecule has 160 valence electrons. The van der Waals surface area contributed by atoms with Crippen molar-refractivity contribution < 1.29 is 23.4 Å².